The minimum Gasteiger partial charge on any atom is -0.365 e. The SMILES string of the molecule is CC(C)(C)[C@H]1CCc2c(sc(NC(=O)c3cc(-c4ccc(Cl)s4)nc4ccccc34)c2C(N)=O)C1. The van der Waals surface area contributed by atoms with Gasteiger partial charge in [0.2, 0.25) is 0 Å². The Balaban J connectivity index is 1.55. The van der Waals surface area contributed by atoms with Crippen molar-refractivity contribution in [1.29, 1.82) is 0 Å². The fourth-order valence-corrected chi connectivity index (χ4v) is 7.12. The predicted octanol–water partition coefficient (Wildman–Crippen LogP) is 7.18. The summed E-state index contributed by atoms with van der Waals surface area (Å²) in [5, 5.41) is 4.30. The predicted molar refractivity (Wildman–Crippen MR) is 146 cm³/mol. The molecule has 35 heavy (non-hydrogen) atoms. The number of hydrogen-bond donors (Lipinski definition) is 2. The number of fused-ring (bicyclic) bond motifs is 2. The molecule has 180 valence electrons. The number of nitrogens with one attached hydrogen (secondary N) is 1. The highest BCUT2D eigenvalue weighted by molar-refractivity contribution is 7.19. The number of nitrogens with zero attached hydrogens (tertiary/aromatic N) is 1. The highest BCUT2D eigenvalue weighted by Gasteiger charge is 2.33. The van der Waals surface area contributed by atoms with Gasteiger partial charge in [0.1, 0.15) is 5.00 Å². The number of primary amides is 1. The van der Waals surface area contributed by atoms with E-state index in [1.54, 1.807) is 6.07 Å². The standard InChI is InChI=1S/C27H26ClN3O2S2/c1-27(2,3)14-8-9-16-21(12-14)35-26(23(16)24(29)32)31-25(33)17-13-19(20-10-11-22(28)34-20)30-18-7-5-4-6-15(17)18/h4-7,10-11,13-14H,8-9,12H2,1-3H3,(H2,29,32)(H,31,33)/t14-/m0/s1. The Morgan fingerprint density at radius 1 is 1.14 bits per heavy atom. The van der Waals surface area contributed by atoms with E-state index in [0.29, 0.717) is 37.6 Å². The molecule has 8 heteroatoms. The van der Waals surface area contributed by atoms with Gasteiger partial charge in [-0.2, -0.15) is 0 Å². The molecule has 5 rings (SSSR count). The third-order valence-corrected chi connectivity index (χ3v) is 9.17. The van der Waals surface area contributed by atoms with Crippen LogP contribution in [0.25, 0.3) is 21.5 Å². The lowest BCUT2D eigenvalue weighted by Gasteiger charge is -2.33. The van der Waals surface area contributed by atoms with Gasteiger partial charge in [0.15, 0.2) is 0 Å². The van der Waals surface area contributed by atoms with Gasteiger partial charge >= 0.3 is 0 Å². The van der Waals surface area contributed by atoms with Gasteiger partial charge in [-0.1, -0.05) is 50.6 Å². The average molecular weight is 524 g/mol. The smallest absolute Gasteiger partial charge is 0.257 e. The molecule has 3 aromatic heterocycles. The van der Waals surface area contributed by atoms with Gasteiger partial charge in [0, 0.05) is 10.3 Å². The monoisotopic (exact) mass is 523 g/mol. The zero-order chi connectivity index (χ0) is 24.9. The summed E-state index contributed by atoms with van der Waals surface area (Å²) in [7, 11) is 0. The number of anilines is 1. The van der Waals surface area contributed by atoms with Gasteiger partial charge < -0.3 is 11.1 Å². The van der Waals surface area contributed by atoms with Gasteiger partial charge in [-0.05, 0) is 60.4 Å². The molecule has 0 aliphatic heterocycles. The minimum atomic E-state index is -0.500. The van der Waals surface area contributed by atoms with Crippen molar-refractivity contribution in [3.63, 3.8) is 0 Å². The number of carbonyl (C=O) groups excluding carboxylic acids is 2. The first-order valence-electron chi connectivity index (χ1n) is 11.5. The number of hydrogen-bond acceptors (Lipinski definition) is 5. The van der Waals surface area contributed by atoms with E-state index in [2.05, 4.69) is 26.1 Å². The van der Waals surface area contributed by atoms with Crippen molar-refractivity contribution < 1.29 is 9.59 Å². The summed E-state index contributed by atoms with van der Waals surface area (Å²) in [5.74, 6) is -0.274. The van der Waals surface area contributed by atoms with E-state index in [0.717, 1.165) is 40.0 Å². The van der Waals surface area contributed by atoms with Crippen molar-refractivity contribution in [2.45, 2.75) is 40.0 Å². The fourth-order valence-electron chi connectivity index (χ4n) is 4.79. The number of thiophene rings is 2. The fraction of sp³-hybridized carbons (Fsp3) is 0.296. The molecule has 3 N–H and O–H groups in total. The maximum atomic E-state index is 13.6. The van der Waals surface area contributed by atoms with E-state index in [9.17, 15) is 9.59 Å². The van der Waals surface area contributed by atoms with Gasteiger partial charge in [-0.25, -0.2) is 4.98 Å². The molecule has 0 unspecified atom stereocenters. The summed E-state index contributed by atoms with van der Waals surface area (Å²) in [6.45, 7) is 6.75. The molecule has 0 spiro atoms. The second kappa shape index (κ2) is 9.04. The summed E-state index contributed by atoms with van der Waals surface area (Å²) < 4.78 is 0.657. The lowest BCUT2D eigenvalue weighted by atomic mass is 9.72. The second-order valence-corrected chi connectivity index (χ2v) is 12.8. The summed E-state index contributed by atoms with van der Waals surface area (Å²) in [6, 6.07) is 13.0. The van der Waals surface area contributed by atoms with Crippen LogP contribution in [0.15, 0.2) is 42.5 Å². The number of aromatic nitrogens is 1. The Labute approximate surface area is 217 Å². The van der Waals surface area contributed by atoms with Gasteiger partial charge in [0.05, 0.1) is 31.6 Å². The van der Waals surface area contributed by atoms with Crippen LogP contribution in [0, 0.1) is 11.3 Å². The number of amides is 2. The van der Waals surface area contributed by atoms with Crippen LogP contribution in [0.2, 0.25) is 4.34 Å². The second-order valence-electron chi connectivity index (χ2n) is 10.0. The van der Waals surface area contributed by atoms with Crippen molar-refractivity contribution in [2.75, 3.05) is 5.32 Å². The molecule has 2 amide bonds. The van der Waals surface area contributed by atoms with Crippen molar-refractivity contribution in [2.24, 2.45) is 17.1 Å². The van der Waals surface area contributed by atoms with E-state index >= 15 is 0 Å². The normalized spacial score (nSPS) is 15.7. The van der Waals surface area contributed by atoms with Crippen molar-refractivity contribution >= 4 is 62.0 Å². The van der Waals surface area contributed by atoms with Gasteiger partial charge in [-0.3, -0.25) is 9.59 Å². The van der Waals surface area contributed by atoms with Crippen LogP contribution in [0.4, 0.5) is 5.00 Å². The largest absolute Gasteiger partial charge is 0.365 e. The van der Waals surface area contributed by atoms with Gasteiger partial charge in [-0.15, -0.1) is 22.7 Å². The molecule has 1 aliphatic rings. The van der Waals surface area contributed by atoms with E-state index in [1.165, 1.54) is 22.7 Å². The Hall–Kier alpha value is -2.74. The maximum Gasteiger partial charge on any atom is 0.257 e. The van der Waals surface area contributed by atoms with E-state index in [1.807, 2.05) is 36.4 Å². The number of benzene rings is 1. The number of carbonyl (C=O) groups is 2. The maximum absolute atomic E-state index is 13.6. The first-order valence-corrected chi connectivity index (χ1v) is 13.5. The molecule has 0 saturated heterocycles. The van der Waals surface area contributed by atoms with Crippen LogP contribution in [-0.2, 0) is 12.8 Å². The average Bonchev–Trinajstić information content (AvgIpc) is 3.40. The molecule has 1 aliphatic carbocycles. The Kier molecular flexibility index (Phi) is 6.20. The summed E-state index contributed by atoms with van der Waals surface area (Å²) in [4.78, 5) is 32.9. The molecule has 3 heterocycles. The molecule has 0 radical (unpaired) electrons. The number of pyridine rings is 1. The number of nitrogens with two attached hydrogens (primary N) is 1. The molecule has 1 atom stereocenters. The first-order chi connectivity index (χ1) is 16.6. The third kappa shape index (κ3) is 4.60. The Bertz CT molecular complexity index is 1470. The topological polar surface area (TPSA) is 85.1 Å². The van der Waals surface area contributed by atoms with Crippen molar-refractivity contribution in [1.82, 2.24) is 4.98 Å². The van der Waals surface area contributed by atoms with Crippen LogP contribution >= 0.6 is 34.3 Å². The number of halogens is 1. The van der Waals surface area contributed by atoms with Crippen LogP contribution in [-0.4, -0.2) is 16.8 Å². The quantitative estimate of drug-likeness (QED) is 0.297. The van der Waals surface area contributed by atoms with E-state index < -0.39 is 5.91 Å². The first kappa shape index (κ1) is 24.0. The van der Waals surface area contributed by atoms with Crippen LogP contribution in [0.5, 0.6) is 0 Å². The Morgan fingerprint density at radius 2 is 1.91 bits per heavy atom. The zero-order valence-corrected chi connectivity index (χ0v) is 22.2. The molecule has 0 saturated carbocycles. The van der Waals surface area contributed by atoms with Crippen molar-refractivity contribution in [3.05, 3.63) is 68.4 Å². The van der Waals surface area contributed by atoms with E-state index in [4.69, 9.17) is 22.3 Å². The van der Waals surface area contributed by atoms with Crippen molar-refractivity contribution in [3.8, 4) is 10.6 Å². The highest BCUT2D eigenvalue weighted by Crippen LogP contribution is 2.44. The molecule has 5 nitrogen and oxygen atoms in total. The van der Waals surface area contributed by atoms with Crippen LogP contribution in [0.1, 0.15) is 58.3 Å². The third-order valence-electron chi connectivity index (χ3n) is 6.75. The molecular formula is C27H26ClN3O2S2. The molecule has 1 aromatic carbocycles. The molecule has 0 fully saturated rings. The summed E-state index contributed by atoms with van der Waals surface area (Å²) in [5.41, 5.74) is 9.31. The van der Waals surface area contributed by atoms with Gasteiger partial charge in [0.25, 0.3) is 11.8 Å². The number of rotatable bonds is 4. The van der Waals surface area contributed by atoms with Crippen LogP contribution < -0.4 is 11.1 Å². The Morgan fingerprint density at radius 3 is 2.60 bits per heavy atom. The molecule has 0 bridgehead atoms. The lowest BCUT2D eigenvalue weighted by Crippen LogP contribution is -2.27. The minimum absolute atomic E-state index is 0.176. The van der Waals surface area contributed by atoms with E-state index in [-0.39, 0.29) is 11.3 Å². The molecular weight excluding hydrogens is 498 g/mol. The summed E-state index contributed by atoms with van der Waals surface area (Å²) in [6.07, 6.45) is 2.69. The zero-order valence-electron chi connectivity index (χ0n) is 19.8. The summed E-state index contributed by atoms with van der Waals surface area (Å²) >= 11 is 9.03. The highest BCUT2D eigenvalue weighted by atomic mass is 35.5. The lowest BCUT2D eigenvalue weighted by molar-refractivity contribution is 0.1000. The van der Waals surface area contributed by atoms with Crippen LogP contribution in [0.3, 0.4) is 0 Å². The number of para-hydroxylation sites is 1. The molecule has 4 aromatic rings.